The van der Waals surface area contributed by atoms with Gasteiger partial charge in [0.15, 0.2) is 0 Å². The van der Waals surface area contributed by atoms with E-state index in [2.05, 4.69) is 4.72 Å². The minimum atomic E-state index is -3.74. The van der Waals surface area contributed by atoms with Crippen LogP contribution >= 0.6 is 0 Å². The Balaban J connectivity index is 1.62. The van der Waals surface area contributed by atoms with Crippen LogP contribution in [0.15, 0.2) is 47.4 Å². The number of anilines is 1. The van der Waals surface area contributed by atoms with Crippen LogP contribution in [-0.4, -0.2) is 38.4 Å². The van der Waals surface area contributed by atoms with Gasteiger partial charge in [-0.2, -0.15) is 0 Å². The number of hydrogen-bond acceptors (Lipinski definition) is 4. The first-order valence-electron chi connectivity index (χ1n) is 10.2. The number of nitrogens with one attached hydrogen (secondary N) is 1. The van der Waals surface area contributed by atoms with Crippen LogP contribution in [0, 0.1) is 0 Å². The molecule has 0 aliphatic carbocycles. The quantitative estimate of drug-likeness (QED) is 0.825. The second-order valence-corrected chi connectivity index (χ2v) is 9.28. The van der Waals surface area contributed by atoms with E-state index in [0.29, 0.717) is 23.6 Å². The Bertz CT molecular complexity index is 1000. The summed E-state index contributed by atoms with van der Waals surface area (Å²) < 4.78 is 33.9. The lowest BCUT2D eigenvalue weighted by Crippen LogP contribution is -2.45. The second-order valence-electron chi connectivity index (χ2n) is 7.60. The van der Waals surface area contributed by atoms with Crippen LogP contribution < -0.4 is 9.46 Å². The standard InChI is InChI=1S/C22H26N2O4S/c1-2-16-6-9-19(10-7-16)29(26,27)23-17-8-11-21-20(15-17)22(25)24-13-4-3-5-18(24)12-14-28-21/h6-11,15,18,23H,2-5,12-14H2,1H3. The maximum atomic E-state index is 13.2. The van der Waals surface area contributed by atoms with Gasteiger partial charge in [-0.3, -0.25) is 9.52 Å². The van der Waals surface area contributed by atoms with E-state index in [9.17, 15) is 13.2 Å². The molecular formula is C22H26N2O4S. The smallest absolute Gasteiger partial charge is 0.261 e. The molecule has 0 spiro atoms. The Kier molecular flexibility index (Phi) is 5.50. The number of benzene rings is 2. The van der Waals surface area contributed by atoms with Crippen molar-refractivity contribution in [1.82, 2.24) is 4.90 Å². The fourth-order valence-electron chi connectivity index (χ4n) is 4.03. The molecule has 4 rings (SSSR count). The minimum Gasteiger partial charge on any atom is -0.493 e. The molecule has 6 nitrogen and oxygen atoms in total. The molecule has 2 aromatic rings. The Labute approximate surface area is 171 Å². The highest BCUT2D eigenvalue weighted by Crippen LogP contribution is 2.31. The molecule has 0 bridgehead atoms. The first kappa shape index (κ1) is 19.8. The number of hydrogen-bond donors (Lipinski definition) is 1. The van der Waals surface area contributed by atoms with E-state index in [-0.39, 0.29) is 16.8 Å². The van der Waals surface area contributed by atoms with E-state index in [4.69, 9.17) is 4.74 Å². The molecule has 2 aliphatic heterocycles. The third-order valence-corrected chi connectivity index (χ3v) is 7.10. The highest BCUT2D eigenvalue weighted by molar-refractivity contribution is 7.92. The van der Waals surface area contributed by atoms with E-state index < -0.39 is 10.0 Å². The number of carbonyl (C=O) groups excluding carboxylic acids is 1. The number of aryl methyl sites for hydroxylation is 1. The molecule has 0 radical (unpaired) electrons. The number of fused-ring (bicyclic) bond motifs is 2. The van der Waals surface area contributed by atoms with Crippen molar-refractivity contribution in [1.29, 1.82) is 0 Å². The lowest BCUT2D eigenvalue weighted by molar-refractivity contribution is 0.0548. The molecule has 1 fully saturated rings. The third kappa shape index (κ3) is 4.10. The van der Waals surface area contributed by atoms with Crippen LogP contribution in [0.1, 0.15) is 48.5 Å². The highest BCUT2D eigenvalue weighted by atomic mass is 32.2. The Morgan fingerprint density at radius 1 is 1.10 bits per heavy atom. The number of ether oxygens (including phenoxy) is 1. The third-order valence-electron chi connectivity index (χ3n) is 5.70. The summed E-state index contributed by atoms with van der Waals surface area (Å²) in [6.45, 7) is 3.31. The zero-order chi connectivity index (χ0) is 20.4. The van der Waals surface area contributed by atoms with Crippen molar-refractivity contribution in [2.45, 2.75) is 50.0 Å². The number of rotatable bonds is 4. The molecule has 29 heavy (non-hydrogen) atoms. The van der Waals surface area contributed by atoms with Gasteiger partial charge in [0, 0.05) is 24.7 Å². The normalized spacial score (nSPS) is 19.4. The second kappa shape index (κ2) is 8.06. The van der Waals surface area contributed by atoms with Crippen molar-refractivity contribution in [3.05, 3.63) is 53.6 Å². The van der Waals surface area contributed by atoms with Gasteiger partial charge in [0.2, 0.25) is 0 Å². The van der Waals surface area contributed by atoms with Crippen LogP contribution in [0.5, 0.6) is 5.75 Å². The van der Waals surface area contributed by atoms with Crippen molar-refractivity contribution in [3.8, 4) is 5.75 Å². The first-order chi connectivity index (χ1) is 14.0. The van der Waals surface area contributed by atoms with Crippen LogP contribution in [0.4, 0.5) is 5.69 Å². The molecule has 1 N–H and O–H groups in total. The summed E-state index contributed by atoms with van der Waals surface area (Å²) in [5, 5.41) is 0. The van der Waals surface area contributed by atoms with Crippen molar-refractivity contribution < 1.29 is 17.9 Å². The molecule has 1 unspecified atom stereocenters. The van der Waals surface area contributed by atoms with Crippen molar-refractivity contribution in [2.75, 3.05) is 17.9 Å². The van der Waals surface area contributed by atoms with Crippen LogP contribution in [-0.2, 0) is 16.4 Å². The molecule has 7 heteroatoms. The molecule has 1 amide bonds. The van der Waals surface area contributed by atoms with Gasteiger partial charge >= 0.3 is 0 Å². The molecule has 2 aromatic carbocycles. The van der Waals surface area contributed by atoms with Gasteiger partial charge in [0.05, 0.1) is 17.1 Å². The summed E-state index contributed by atoms with van der Waals surface area (Å²) in [7, 11) is -3.74. The summed E-state index contributed by atoms with van der Waals surface area (Å²) in [4.78, 5) is 15.3. The van der Waals surface area contributed by atoms with E-state index in [1.807, 2.05) is 24.0 Å². The minimum absolute atomic E-state index is 0.0854. The SMILES string of the molecule is CCc1ccc(S(=O)(=O)Nc2ccc3c(c2)C(=O)N2CCCCC2CCO3)cc1. The van der Waals surface area contributed by atoms with Gasteiger partial charge < -0.3 is 9.64 Å². The predicted octanol–water partition coefficient (Wildman–Crippen LogP) is 3.83. The maximum absolute atomic E-state index is 13.2. The number of piperidine rings is 1. The van der Waals surface area contributed by atoms with Gasteiger partial charge in [-0.05, 0) is 61.6 Å². The number of sulfonamides is 1. The van der Waals surface area contributed by atoms with Gasteiger partial charge in [0.1, 0.15) is 5.75 Å². The summed E-state index contributed by atoms with van der Waals surface area (Å²) in [6, 6.07) is 11.9. The monoisotopic (exact) mass is 414 g/mol. The molecule has 0 saturated carbocycles. The van der Waals surface area contributed by atoms with E-state index in [0.717, 1.165) is 44.2 Å². The van der Waals surface area contributed by atoms with E-state index >= 15 is 0 Å². The van der Waals surface area contributed by atoms with Crippen LogP contribution in [0.3, 0.4) is 0 Å². The van der Waals surface area contributed by atoms with E-state index in [1.165, 1.54) is 0 Å². The average Bonchev–Trinajstić information content (AvgIpc) is 2.73. The fourth-order valence-corrected chi connectivity index (χ4v) is 5.08. The van der Waals surface area contributed by atoms with Crippen molar-refractivity contribution in [3.63, 3.8) is 0 Å². The summed E-state index contributed by atoms with van der Waals surface area (Å²) in [6.07, 6.45) is 4.78. The highest BCUT2D eigenvalue weighted by Gasteiger charge is 2.31. The molecule has 2 heterocycles. The van der Waals surface area contributed by atoms with Crippen molar-refractivity contribution in [2.24, 2.45) is 0 Å². The molecule has 1 atom stereocenters. The largest absolute Gasteiger partial charge is 0.493 e. The zero-order valence-electron chi connectivity index (χ0n) is 16.6. The first-order valence-corrected chi connectivity index (χ1v) is 11.7. The molecule has 154 valence electrons. The zero-order valence-corrected chi connectivity index (χ0v) is 17.4. The number of nitrogens with zero attached hydrogens (tertiary/aromatic N) is 1. The van der Waals surface area contributed by atoms with Gasteiger partial charge in [-0.25, -0.2) is 8.42 Å². The van der Waals surface area contributed by atoms with Gasteiger partial charge in [-0.15, -0.1) is 0 Å². The van der Waals surface area contributed by atoms with Crippen LogP contribution in [0.2, 0.25) is 0 Å². The molecular weight excluding hydrogens is 388 g/mol. The lowest BCUT2D eigenvalue weighted by Gasteiger charge is -2.37. The molecule has 2 aliphatic rings. The lowest BCUT2D eigenvalue weighted by atomic mass is 9.97. The maximum Gasteiger partial charge on any atom is 0.261 e. The Hall–Kier alpha value is -2.54. The summed E-state index contributed by atoms with van der Waals surface area (Å²) in [5.41, 5.74) is 1.84. The fraction of sp³-hybridized carbons (Fsp3) is 0.409. The summed E-state index contributed by atoms with van der Waals surface area (Å²) >= 11 is 0. The average molecular weight is 415 g/mol. The number of amides is 1. The summed E-state index contributed by atoms with van der Waals surface area (Å²) in [5.74, 6) is 0.423. The predicted molar refractivity (Wildman–Crippen MR) is 112 cm³/mol. The topological polar surface area (TPSA) is 75.7 Å². The van der Waals surface area contributed by atoms with Gasteiger partial charge in [0.25, 0.3) is 15.9 Å². The van der Waals surface area contributed by atoms with Gasteiger partial charge in [-0.1, -0.05) is 19.1 Å². The Morgan fingerprint density at radius 2 is 1.90 bits per heavy atom. The Morgan fingerprint density at radius 3 is 2.66 bits per heavy atom. The van der Waals surface area contributed by atoms with Crippen LogP contribution in [0.25, 0.3) is 0 Å². The van der Waals surface area contributed by atoms with E-state index in [1.54, 1.807) is 30.3 Å². The molecule has 0 aromatic heterocycles. The molecule has 1 saturated heterocycles. The number of carbonyl (C=O) groups is 1. The van der Waals surface area contributed by atoms with Crippen molar-refractivity contribution >= 4 is 21.6 Å².